The molecule has 0 radical (unpaired) electrons. The molecule has 2 aliphatic rings. The van der Waals surface area contributed by atoms with Crippen molar-refractivity contribution in [2.75, 3.05) is 26.9 Å². The third kappa shape index (κ3) is 16.0. The number of aromatic amines is 2. The molecule has 50 heavy (non-hydrogen) atoms. The second-order valence-electron chi connectivity index (χ2n) is 10.2. The van der Waals surface area contributed by atoms with Gasteiger partial charge in [-0.25, -0.2) is 24.0 Å². The van der Waals surface area contributed by atoms with Crippen LogP contribution in [0.15, 0.2) is 75.9 Å². The van der Waals surface area contributed by atoms with E-state index in [2.05, 4.69) is 37.2 Å². The van der Waals surface area contributed by atoms with Crippen LogP contribution in [0.2, 0.25) is 0 Å². The zero-order valence-corrected chi connectivity index (χ0v) is 27.1. The molecule has 0 saturated heterocycles. The number of esters is 4. The normalized spacial score (nSPS) is 13.9. The van der Waals surface area contributed by atoms with E-state index in [1.165, 1.54) is 13.3 Å². The van der Waals surface area contributed by atoms with Gasteiger partial charge in [0, 0.05) is 59.8 Å². The average molecular weight is 700 g/mol. The minimum absolute atomic E-state index is 0.0639. The molecule has 0 aromatic carbocycles. The van der Waals surface area contributed by atoms with Crippen molar-refractivity contribution in [3.63, 3.8) is 0 Å². The molecule has 2 aliphatic heterocycles. The number of carbonyl (C=O) groups excluding carboxylic acids is 7. The van der Waals surface area contributed by atoms with Crippen molar-refractivity contribution in [3.05, 3.63) is 92.7 Å². The number of nitrogens with one attached hydrogen (secondary N) is 5. The van der Waals surface area contributed by atoms with Gasteiger partial charge in [0.05, 0.1) is 26.9 Å². The number of rotatable bonds is 16. The zero-order valence-electron chi connectivity index (χ0n) is 27.1. The molecule has 0 bridgehead atoms. The fraction of sp³-hybridized carbons (Fsp3) is 0.344. The maximum absolute atomic E-state index is 11.7. The van der Waals surface area contributed by atoms with Gasteiger partial charge in [0.25, 0.3) is 17.4 Å². The molecule has 268 valence electrons. The van der Waals surface area contributed by atoms with Crippen LogP contribution < -0.4 is 27.2 Å². The summed E-state index contributed by atoms with van der Waals surface area (Å²) >= 11 is 0. The summed E-state index contributed by atoms with van der Waals surface area (Å²) in [5, 5.41) is 7.54. The van der Waals surface area contributed by atoms with E-state index in [4.69, 9.17) is 14.2 Å². The summed E-state index contributed by atoms with van der Waals surface area (Å²) in [5.74, 6) is -3.35. The van der Waals surface area contributed by atoms with Gasteiger partial charge >= 0.3 is 29.6 Å². The predicted molar refractivity (Wildman–Crippen MR) is 172 cm³/mol. The lowest BCUT2D eigenvalue weighted by molar-refractivity contribution is -0.140. The van der Waals surface area contributed by atoms with Gasteiger partial charge in [0.15, 0.2) is 0 Å². The van der Waals surface area contributed by atoms with Crippen molar-refractivity contribution in [2.24, 2.45) is 0 Å². The number of imide groups is 1. The summed E-state index contributed by atoms with van der Waals surface area (Å²) in [7, 11) is 1.19. The Morgan fingerprint density at radius 3 is 1.78 bits per heavy atom. The zero-order chi connectivity index (χ0) is 36.9. The number of methoxy groups -OCH3 is 1. The molecule has 18 nitrogen and oxygen atoms in total. The Hall–Kier alpha value is -6.33. The number of H-pyrrole nitrogens is 2. The number of aromatic nitrogens is 2. The third-order valence-corrected chi connectivity index (χ3v) is 6.37. The Bertz CT molecular complexity index is 1630. The van der Waals surface area contributed by atoms with Crippen molar-refractivity contribution in [1.82, 2.24) is 25.9 Å². The van der Waals surface area contributed by atoms with Gasteiger partial charge in [0.2, 0.25) is 5.91 Å². The lowest BCUT2D eigenvalue weighted by Crippen LogP contribution is -2.35. The fourth-order valence-electron chi connectivity index (χ4n) is 3.88. The first-order valence-electron chi connectivity index (χ1n) is 15.1. The number of hydrogen-bond donors (Lipinski definition) is 5. The van der Waals surface area contributed by atoms with E-state index in [-0.39, 0.29) is 38.1 Å². The molecule has 3 amide bonds. The summed E-state index contributed by atoms with van der Waals surface area (Å²) < 4.78 is 19.0. The van der Waals surface area contributed by atoms with E-state index in [0.29, 0.717) is 61.1 Å². The van der Waals surface area contributed by atoms with Crippen LogP contribution >= 0.6 is 0 Å². The van der Waals surface area contributed by atoms with Gasteiger partial charge in [-0.3, -0.25) is 29.5 Å². The minimum Gasteiger partial charge on any atom is -0.466 e. The van der Waals surface area contributed by atoms with Crippen molar-refractivity contribution in [2.45, 2.75) is 44.9 Å². The van der Waals surface area contributed by atoms with Crippen molar-refractivity contribution in [3.8, 4) is 0 Å². The average Bonchev–Trinajstić information content (AvgIpc) is 3.07. The van der Waals surface area contributed by atoms with Crippen LogP contribution in [0.1, 0.15) is 44.1 Å². The molecule has 5 N–H and O–H groups in total. The minimum atomic E-state index is -0.709. The highest BCUT2D eigenvalue weighted by Gasteiger charge is 2.18. The highest BCUT2D eigenvalue weighted by atomic mass is 16.5. The van der Waals surface area contributed by atoms with Crippen LogP contribution in [0.4, 0.5) is 0 Å². The number of ether oxygens (including phenoxy) is 4. The van der Waals surface area contributed by atoms with Crippen LogP contribution in [-0.2, 0) is 58.9 Å². The first kappa shape index (κ1) is 39.8. The fourth-order valence-corrected chi connectivity index (χ4v) is 3.88. The second-order valence-corrected chi connectivity index (χ2v) is 10.2. The van der Waals surface area contributed by atoms with Crippen LogP contribution in [0, 0.1) is 0 Å². The maximum atomic E-state index is 11.7. The van der Waals surface area contributed by atoms with Crippen LogP contribution in [0.3, 0.4) is 0 Å². The van der Waals surface area contributed by atoms with Crippen molar-refractivity contribution >= 4 is 41.6 Å². The summed E-state index contributed by atoms with van der Waals surface area (Å²) in [6, 6.07) is 0. The lowest BCUT2D eigenvalue weighted by atomic mass is 10.1. The van der Waals surface area contributed by atoms with E-state index in [1.807, 2.05) is 0 Å². The Kier molecular flexibility index (Phi) is 17.2. The molecule has 0 atom stereocenters. The SMILES string of the molecule is C=C1NC=C(CCCOC(=O)/C=C/C(=O)OCCCC2=CCC(=O)NC2=O)C(=O)N1.COC(=O)/C=C/C(=O)OCCCc1c[nH]c(=O)[nH]c1=O. The second kappa shape index (κ2) is 21.5. The van der Waals surface area contributed by atoms with E-state index in [9.17, 15) is 43.2 Å². The van der Waals surface area contributed by atoms with E-state index in [0.717, 1.165) is 24.3 Å². The predicted octanol–water partition coefficient (Wildman–Crippen LogP) is -0.495. The van der Waals surface area contributed by atoms with Gasteiger partial charge in [-0.2, -0.15) is 0 Å². The highest BCUT2D eigenvalue weighted by molar-refractivity contribution is 6.07. The standard InChI is InChI=1S/C20H23N3O7.C12H14N2O6/c1-13-21-12-15(20(28)22-13)5-3-11-30-18(26)9-8-17(25)29-10-2-4-14-6-7-16(24)23-19(14)27;1-19-9(15)4-5-10(16)20-6-2-3-8-7-13-12(18)14-11(8)17/h6,8-9,12,21H,1-5,7,10-11H2,(H,22,28)(H,23,24,27);4-5,7H,2-3,6H2,1H3,(H2,13,14,17,18)/b9-8+;5-4+. The topological polar surface area (TPSA) is 258 Å². The van der Waals surface area contributed by atoms with Crippen LogP contribution in [0.25, 0.3) is 0 Å². The number of aryl methyl sites for hydroxylation is 1. The summed E-state index contributed by atoms with van der Waals surface area (Å²) in [6.07, 6.45) is 10.8. The maximum Gasteiger partial charge on any atom is 0.331 e. The van der Waals surface area contributed by atoms with Gasteiger partial charge in [-0.15, -0.1) is 0 Å². The largest absolute Gasteiger partial charge is 0.466 e. The first-order valence-corrected chi connectivity index (χ1v) is 15.1. The molecule has 0 spiro atoms. The van der Waals surface area contributed by atoms with Gasteiger partial charge in [-0.1, -0.05) is 12.7 Å². The molecule has 0 saturated carbocycles. The van der Waals surface area contributed by atoms with E-state index in [1.54, 1.807) is 12.3 Å². The number of amides is 3. The van der Waals surface area contributed by atoms with Crippen molar-refractivity contribution < 1.29 is 52.5 Å². The molecule has 0 unspecified atom stereocenters. The molecule has 0 fully saturated rings. The third-order valence-electron chi connectivity index (χ3n) is 6.37. The summed E-state index contributed by atoms with van der Waals surface area (Å²) in [5.41, 5.74) is 0.354. The molecule has 3 rings (SSSR count). The van der Waals surface area contributed by atoms with Crippen LogP contribution in [-0.4, -0.2) is 78.5 Å². The Morgan fingerprint density at radius 1 is 0.740 bits per heavy atom. The molecule has 3 heterocycles. The lowest BCUT2D eigenvalue weighted by Gasteiger charge is -2.16. The van der Waals surface area contributed by atoms with Gasteiger partial charge in [0.1, 0.15) is 5.82 Å². The first-order chi connectivity index (χ1) is 23.9. The Morgan fingerprint density at radius 2 is 1.26 bits per heavy atom. The number of carbonyl (C=O) groups is 7. The Balaban J connectivity index is 0.000000377. The van der Waals surface area contributed by atoms with Gasteiger partial charge in [-0.05, 0) is 38.5 Å². The van der Waals surface area contributed by atoms with E-state index >= 15 is 0 Å². The Labute approximate surface area is 284 Å². The number of hydrogen-bond acceptors (Lipinski definition) is 14. The smallest absolute Gasteiger partial charge is 0.331 e. The summed E-state index contributed by atoms with van der Waals surface area (Å²) in [4.78, 5) is 106. The van der Waals surface area contributed by atoms with E-state index < -0.39 is 41.0 Å². The van der Waals surface area contributed by atoms with Crippen molar-refractivity contribution in [1.29, 1.82) is 0 Å². The van der Waals surface area contributed by atoms with Gasteiger partial charge < -0.3 is 34.6 Å². The summed E-state index contributed by atoms with van der Waals surface area (Å²) in [6.45, 7) is 3.81. The monoisotopic (exact) mass is 699 g/mol. The highest BCUT2D eigenvalue weighted by Crippen LogP contribution is 2.11. The molecule has 1 aromatic rings. The molecular weight excluding hydrogens is 662 g/mol. The molecule has 0 aliphatic carbocycles. The van der Waals surface area contributed by atoms with Crippen LogP contribution in [0.5, 0.6) is 0 Å². The quantitative estimate of drug-likeness (QED) is 0.0480. The molecule has 18 heteroatoms. The molecular formula is C32H37N5O13. The molecule has 1 aromatic heterocycles.